The van der Waals surface area contributed by atoms with Crippen LogP contribution in [0.1, 0.15) is 0 Å². The third-order valence-corrected chi connectivity index (χ3v) is 0. The van der Waals surface area contributed by atoms with Gasteiger partial charge in [0.1, 0.15) is 0 Å². The molecule has 0 saturated heterocycles. The van der Waals surface area contributed by atoms with Gasteiger partial charge < -0.3 is 0 Å². The average molecular weight is 503 g/mol. The van der Waals surface area contributed by atoms with Gasteiger partial charge in [0.25, 0.3) is 0 Å². The van der Waals surface area contributed by atoms with Gasteiger partial charge >= 0.3 is 0 Å². The SMILES string of the molecule is [In].[In].[In].[Tb]. The maximum atomic E-state index is 0. The topological polar surface area (TPSA) is 0 Å². The molecule has 0 aromatic rings. The van der Waals surface area contributed by atoms with Crippen LogP contribution < -0.4 is 0 Å². The van der Waals surface area contributed by atoms with Crippen LogP contribution in [0, 0.1) is 38.6 Å². The average Bonchev–Trinajstić information content (AvgIpc) is 0. The molecule has 0 amide bonds. The van der Waals surface area contributed by atoms with Crippen molar-refractivity contribution in [2.24, 2.45) is 0 Å². The van der Waals surface area contributed by atoms with Gasteiger partial charge in [-0.25, -0.2) is 0 Å². The fraction of sp³-hybridized carbons (Fsp3) is 0. The second-order valence-corrected chi connectivity index (χ2v) is 0. The molecule has 0 aliphatic heterocycles. The van der Waals surface area contributed by atoms with Gasteiger partial charge in [-0.1, -0.05) is 0 Å². The van der Waals surface area contributed by atoms with Crippen molar-refractivity contribution < 1.29 is 38.6 Å². The van der Waals surface area contributed by atoms with Gasteiger partial charge in [0.2, 0.25) is 0 Å². The molecule has 0 spiro atoms. The van der Waals surface area contributed by atoms with Gasteiger partial charge in [0.15, 0.2) is 0 Å². The van der Waals surface area contributed by atoms with Crippen LogP contribution in [-0.2, 0) is 0 Å². The Morgan fingerprint density at radius 2 is 0.500 bits per heavy atom. The van der Waals surface area contributed by atoms with Crippen LogP contribution in [0.5, 0.6) is 0 Å². The minimum atomic E-state index is 0. The molecular weight excluding hydrogens is 503 g/mol. The van der Waals surface area contributed by atoms with E-state index in [-0.39, 0.29) is 116 Å². The first kappa shape index (κ1) is 24.7. The molecule has 0 fully saturated rings. The third-order valence-electron chi connectivity index (χ3n) is 0. The van der Waals surface area contributed by atoms with Crippen molar-refractivity contribution in [1.82, 2.24) is 0 Å². The summed E-state index contributed by atoms with van der Waals surface area (Å²) in [4.78, 5) is 0. The first-order valence-electron chi connectivity index (χ1n) is 0. The Balaban J connectivity index is 0. The van der Waals surface area contributed by atoms with E-state index in [1.165, 1.54) is 0 Å². The second kappa shape index (κ2) is 15.8. The van der Waals surface area contributed by atoms with Crippen molar-refractivity contribution in [2.75, 3.05) is 0 Å². The Kier molecular flexibility index (Phi) is 97.7. The molecule has 4 heavy (non-hydrogen) atoms. The summed E-state index contributed by atoms with van der Waals surface area (Å²) in [6, 6.07) is 0. The van der Waals surface area contributed by atoms with Gasteiger partial charge in [-0.3, -0.25) is 0 Å². The van der Waals surface area contributed by atoms with Gasteiger partial charge in [0, 0.05) is 116 Å². The first-order chi connectivity index (χ1) is 0. The van der Waals surface area contributed by atoms with E-state index in [0.717, 1.165) is 0 Å². The minimum Gasteiger partial charge on any atom is 0 e. The summed E-state index contributed by atoms with van der Waals surface area (Å²) >= 11 is 0. The molecular formula is In3Tb. The van der Waals surface area contributed by atoms with Gasteiger partial charge in [-0.15, -0.1) is 0 Å². The van der Waals surface area contributed by atoms with Gasteiger partial charge in [-0.2, -0.15) is 0 Å². The molecule has 0 bridgehead atoms. The number of hydrogen-bond acceptors (Lipinski definition) is 0. The quantitative estimate of drug-likeness (QED) is 0.392. The van der Waals surface area contributed by atoms with Gasteiger partial charge in [0.05, 0.1) is 0 Å². The van der Waals surface area contributed by atoms with Crippen LogP contribution in [0.4, 0.5) is 0 Å². The number of hydrogen-bond donors (Lipinski definition) is 0. The van der Waals surface area contributed by atoms with Crippen LogP contribution in [0.2, 0.25) is 0 Å². The van der Waals surface area contributed by atoms with Crippen molar-refractivity contribution in [2.45, 2.75) is 0 Å². The predicted molar refractivity (Wildman–Crippen MR) is 17.3 cm³/mol. The zero-order valence-electron chi connectivity index (χ0n) is 2.07. The Labute approximate surface area is 113 Å². The fourth-order valence-electron chi connectivity index (χ4n) is 0. The molecule has 0 aromatic carbocycles. The summed E-state index contributed by atoms with van der Waals surface area (Å²) < 4.78 is 0. The normalized spacial score (nSPS) is 0. The largest absolute Gasteiger partial charge is 0 e. The maximum Gasteiger partial charge on any atom is 0 e. The molecule has 4 heteroatoms. The molecule has 0 saturated carbocycles. The van der Waals surface area contributed by atoms with E-state index in [2.05, 4.69) is 0 Å². The van der Waals surface area contributed by atoms with E-state index < -0.39 is 0 Å². The van der Waals surface area contributed by atoms with Crippen LogP contribution in [-0.4, -0.2) is 77.5 Å². The van der Waals surface area contributed by atoms with E-state index in [1.807, 2.05) is 0 Å². The summed E-state index contributed by atoms with van der Waals surface area (Å²) in [5, 5.41) is 0. The van der Waals surface area contributed by atoms with E-state index in [4.69, 9.17) is 0 Å². The van der Waals surface area contributed by atoms with E-state index in [0.29, 0.717) is 0 Å². The van der Waals surface area contributed by atoms with Crippen molar-refractivity contribution in [1.29, 1.82) is 0 Å². The summed E-state index contributed by atoms with van der Waals surface area (Å²) in [7, 11) is 0. The summed E-state index contributed by atoms with van der Waals surface area (Å²) in [5.41, 5.74) is 0. The minimum absolute atomic E-state index is 0. The third kappa shape index (κ3) is 9.31. The molecule has 10 radical (unpaired) electrons. The monoisotopic (exact) mass is 504 g/mol. The van der Waals surface area contributed by atoms with Crippen LogP contribution >= 0.6 is 0 Å². The van der Waals surface area contributed by atoms with E-state index >= 15 is 0 Å². The molecule has 0 nitrogen and oxygen atoms in total. The van der Waals surface area contributed by atoms with Gasteiger partial charge in [-0.05, 0) is 0 Å². The van der Waals surface area contributed by atoms with E-state index in [1.54, 1.807) is 0 Å². The summed E-state index contributed by atoms with van der Waals surface area (Å²) in [5.74, 6) is 0. The Morgan fingerprint density at radius 1 is 0.500 bits per heavy atom. The molecule has 0 aliphatic carbocycles. The zero-order chi connectivity index (χ0) is 0. The zero-order valence-corrected chi connectivity index (χ0v) is 14.1. The molecule has 0 aromatic heterocycles. The van der Waals surface area contributed by atoms with Crippen LogP contribution in [0.15, 0.2) is 0 Å². The predicted octanol–water partition coefficient (Wildman–Crippen LogP) is -1.14. The fourth-order valence-corrected chi connectivity index (χ4v) is 0. The number of rotatable bonds is 0. The molecule has 18 valence electrons. The molecule has 0 rings (SSSR count). The van der Waals surface area contributed by atoms with Crippen molar-refractivity contribution in [3.63, 3.8) is 0 Å². The summed E-state index contributed by atoms with van der Waals surface area (Å²) in [6.45, 7) is 0. The molecule has 0 N–H and O–H groups in total. The smallest absolute Gasteiger partial charge is 0 e. The van der Waals surface area contributed by atoms with Crippen molar-refractivity contribution in [3.8, 4) is 0 Å². The summed E-state index contributed by atoms with van der Waals surface area (Å²) in [6.07, 6.45) is 0. The standard InChI is InChI=1S/3In.Tb. The van der Waals surface area contributed by atoms with Crippen LogP contribution in [0.3, 0.4) is 0 Å². The molecule has 0 heterocycles. The van der Waals surface area contributed by atoms with Crippen molar-refractivity contribution in [3.05, 3.63) is 0 Å². The Hall–Kier alpha value is 3.90. The van der Waals surface area contributed by atoms with Crippen LogP contribution in [0.25, 0.3) is 0 Å². The molecule has 0 aliphatic rings. The molecule has 0 unspecified atom stereocenters. The Bertz CT molecular complexity index is 3.25. The maximum absolute atomic E-state index is 0. The Morgan fingerprint density at radius 3 is 0.500 bits per heavy atom. The first-order valence-corrected chi connectivity index (χ1v) is 0. The second-order valence-electron chi connectivity index (χ2n) is 0. The van der Waals surface area contributed by atoms with Crippen molar-refractivity contribution >= 4 is 77.5 Å². The van der Waals surface area contributed by atoms with E-state index in [9.17, 15) is 0 Å². The molecule has 0 atom stereocenters.